The molecule has 1 saturated carbocycles. The topological polar surface area (TPSA) is 75.3 Å². The Morgan fingerprint density at radius 3 is 2.77 bits per heavy atom. The van der Waals surface area contributed by atoms with Gasteiger partial charge < -0.3 is 16.2 Å². The largest absolute Gasteiger partial charge is 0.376 e. The zero-order valence-corrected chi connectivity index (χ0v) is 8.05. The highest BCUT2D eigenvalue weighted by atomic mass is 16.3. The standard InChI is InChI=1S/C9H18N2O2/c1-2-5-9(10,13)6-8(12)11-7-3-4-7/h7,13H,2-6,10H2,1H3,(H,11,12)/t9-/m1/s1. The highest BCUT2D eigenvalue weighted by Gasteiger charge is 2.28. The fourth-order valence-corrected chi connectivity index (χ4v) is 1.31. The van der Waals surface area contributed by atoms with Crippen molar-refractivity contribution in [3.63, 3.8) is 0 Å². The van der Waals surface area contributed by atoms with Crippen LogP contribution in [0.15, 0.2) is 0 Å². The summed E-state index contributed by atoms with van der Waals surface area (Å²) in [7, 11) is 0. The minimum absolute atomic E-state index is 0.0112. The maximum atomic E-state index is 11.2. The lowest BCUT2D eigenvalue weighted by molar-refractivity contribution is -0.126. The van der Waals surface area contributed by atoms with Crippen molar-refractivity contribution >= 4 is 5.91 Å². The lowest BCUT2D eigenvalue weighted by atomic mass is 10.1. The van der Waals surface area contributed by atoms with Gasteiger partial charge >= 0.3 is 0 Å². The van der Waals surface area contributed by atoms with E-state index in [4.69, 9.17) is 5.73 Å². The first kappa shape index (κ1) is 10.5. The number of hydrogen-bond acceptors (Lipinski definition) is 3. The highest BCUT2D eigenvalue weighted by Crippen LogP contribution is 2.19. The van der Waals surface area contributed by atoms with Crippen molar-refractivity contribution in [2.75, 3.05) is 0 Å². The number of amides is 1. The van der Waals surface area contributed by atoms with Crippen molar-refractivity contribution in [3.8, 4) is 0 Å². The van der Waals surface area contributed by atoms with Gasteiger partial charge in [0.2, 0.25) is 5.91 Å². The number of carbonyl (C=O) groups is 1. The van der Waals surface area contributed by atoms with Crippen LogP contribution in [-0.2, 0) is 4.79 Å². The van der Waals surface area contributed by atoms with Crippen LogP contribution in [0.1, 0.15) is 39.0 Å². The van der Waals surface area contributed by atoms with E-state index in [-0.39, 0.29) is 12.3 Å². The summed E-state index contributed by atoms with van der Waals surface area (Å²) in [5.41, 5.74) is 4.19. The molecule has 1 rings (SSSR count). The van der Waals surface area contributed by atoms with E-state index in [0.717, 1.165) is 19.3 Å². The molecular weight excluding hydrogens is 168 g/mol. The van der Waals surface area contributed by atoms with Gasteiger partial charge in [-0.15, -0.1) is 0 Å². The molecule has 0 aromatic rings. The van der Waals surface area contributed by atoms with Crippen molar-refractivity contribution < 1.29 is 9.90 Å². The summed E-state index contributed by atoms with van der Waals surface area (Å²) in [6.07, 6.45) is 3.37. The predicted molar refractivity (Wildman–Crippen MR) is 49.8 cm³/mol. The second-order valence-electron chi connectivity index (χ2n) is 3.87. The summed E-state index contributed by atoms with van der Waals surface area (Å²) in [6.45, 7) is 1.93. The van der Waals surface area contributed by atoms with E-state index in [0.29, 0.717) is 12.5 Å². The smallest absolute Gasteiger partial charge is 0.224 e. The first-order valence-corrected chi connectivity index (χ1v) is 4.84. The summed E-state index contributed by atoms with van der Waals surface area (Å²) in [5.74, 6) is -0.138. The van der Waals surface area contributed by atoms with E-state index in [1.165, 1.54) is 0 Å². The third kappa shape index (κ3) is 4.24. The molecular formula is C9H18N2O2. The number of nitrogens with one attached hydrogen (secondary N) is 1. The Bertz CT molecular complexity index is 188. The Morgan fingerprint density at radius 1 is 1.69 bits per heavy atom. The molecule has 0 aliphatic heterocycles. The second-order valence-corrected chi connectivity index (χ2v) is 3.87. The molecule has 1 fully saturated rings. The van der Waals surface area contributed by atoms with Gasteiger partial charge in [0.1, 0.15) is 5.72 Å². The Balaban J connectivity index is 2.23. The molecule has 1 aliphatic carbocycles. The van der Waals surface area contributed by atoms with Gasteiger partial charge in [-0.25, -0.2) is 0 Å². The van der Waals surface area contributed by atoms with Gasteiger partial charge in [-0.1, -0.05) is 13.3 Å². The Labute approximate surface area is 78.5 Å². The van der Waals surface area contributed by atoms with Gasteiger partial charge in [-0.2, -0.15) is 0 Å². The van der Waals surface area contributed by atoms with Crippen LogP contribution in [0, 0.1) is 0 Å². The molecule has 0 radical (unpaired) electrons. The lowest BCUT2D eigenvalue weighted by Crippen LogP contribution is -2.44. The molecule has 0 aromatic heterocycles. The molecule has 4 N–H and O–H groups in total. The van der Waals surface area contributed by atoms with Crippen LogP contribution in [0.3, 0.4) is 0 Å². The average Bonchev–Trinajstić information content (AvgIpc) is 2.68. The third-order valence-electron chi connectivity index (χ3n) is 2.09. The fraction of sp³-hybridized carbons (Fsp3) is 0.889. The molecule has 76 valence electrons. The maximum absolute atomic E-state index is 11.2. The van der Waals surface area contributed by atoms with Gasteiger partial charge in [-0.3, -0.25) is 4.79 Å². The minimum atomic E-state index is -1.33. The molecule has 1 amide bonds. The maximum Gasteiger partial charge on any atom is 0.224 e. The zero-order valence-electron chi connectivity index (χ0n) is 8.05. The van der Waals surface area contributed by atoms with E-state index < -0.39 is 5.72 Å². The summed E-state index contributed by atoms with van der Waals surface area (Å²) < 4.78 is 0. The van der Waals surface area contributed by atoms with Gasteiger partial charge in [-0.05, 0) is 19.3 Å². The van der Waals surface area contributed by atoms with Crippen LogP contribution in [0.25, 0.3) is 0 Å². The van der Waals surface area contributed by atoms with E-state index >= 15 is 0 Å². The number of nitrogens with two attached hydrogens (primary N) is 1. The second kappa shape index (κ2) is 4.07. The van der Waals surface area contributed by atoms with Gasteiger partial charge in [0.05, 0.1) is 6.42 Å². The number of aliphatic hydroxyl groups is 1. The normalized spacial score (nSPS) is 20.8. The first-order valence-electron chi connectivity index (χ1n) is 4.84. The van der Waals surface area contributed by atoms with Crippen molar-refractivity contribution in [1.82, 2.24) is 5.32 Å². The molecule has 0 unspecified atom stereocenters. The van der Waals surface area contributed by atoms with Crippen LogP contribution in [0.2, 0.25) is 0 Å². The summed E-state index contributed by atoms with van der Waals surface area (Å²) in [4.78, 5) is 11.2. The summed E-state index contributed by atoms with van der Waals surface area (Å²) in [5, 5.41) is 12.3. The molecule has 0 saturated heterocycles. The monoisotopic (exact) mass is 186 g/mol. The number of rotatable bonds is 5. The molecule has 0 spiro atoms. The molecule has 0 bridgehead atoms. The zero-order chi connectivity index (χ0) is 9.90. The van der Waals surface area contributed by atoms with Crippen LogP contribution in [0.4, 0.5) is 0 Å². The molecule has 1 atom stereocenters. The van der Waals surface area contributed by atoms with Crippen molar-refractivity contribution in [2.45, 2.75) is 50.8 Å². The Kier molecular flexibility index (Phi) is 3.27. The summed E-state index contributed by atoms with van der Waals surface area (Å²) in [6, 6.07) is 0.338. The van der Waals surface area contributed by atoms with Crippen LogP contribution < -0.4 is 11.1 Å². The van der Waals surface area contributed by atoms with Gasteiger partial charge in [0, 0.05) is 6.04 Å². The van der Waals surface area contributed by atoms with E-state index in [9.17, 15) is 9.90 Å². The fourth-order valence-electron chi connectivity index (χ4n) is 1.31. The molecule has 0 aromatic carbocycles. The van der Waals surface area contributed by atoms with Crippen molar-refractivity contribution in [1.29, 1.82) is 0 Å². The minimum Gasteiger partial charge on any atom is -0.376 e. The van der Waals surface area contributed by atoms with Crippen LogP contribution >= 0.6 is 0 Å². The predicted octanol–water partition coefficient (Wildman–Crippen LogP) is 0.103. The Morgan fingerprint density at radius 2 is 2.31 bits per heavy atom. The Hall–Kier alpha value is -0.610. The highest BCUT2D eigenvalue weighted by molar-refractivity contribution is 5.77. The van der Waals surface area contributed by atoms with Gasteiger partial charge in [0.25, 0.3) is 0 Å². The molecule has 0 heterocycles. The quantitative estimate of drug-likeness (QED) is 0.533. The van der Waals surface area contributed by atoms with Crippen molar-refractivity contribution in [2.24, 2.45) is 5.73 Å². The molecule has 13 heavy (non-hydrogen) atoms. The molecule has 1 aliphatic rings. The average molecular weight is 186 g/mol. The number of hydrogen-bond donors (Lipinski definition) is 3. The SMILES string of the molecule is CCC[C@@](N)(O)CC(=O)NC1CC1. The van der Waals surface area contributed by atoms with E-state index in [2.05, 4.69) is 5.32 Å². The van der Waals surface area contributed by atoms with Crippen molar-refractivity contribution in [3.05, 3.63) is 0 Å². The van der Waals surface area contributed by atoms with Gasteiger partial charge in [0.15, 0.2) is 0 Å². The van der Waals surface area contributed by atoms with Crippen LogP contribution in [-0.4, -0.2) is 22.8 Å². The first-order chi connectivity index (χ1) is 6.03. The summed E-state index contributed by atoms with van der Waals surface area (Å²) >= 11 is 0. The van der Waals surface area contributed by atoms with Crippen LogP contribution in [0.5, 0.6) is 0 Å². The number of carbonyl (C=O) groups excluding carboxylic acids is 1. The lowest BCUT2D eigenvalue weighted by Gasteiger charge is -2.21. The molecule has 4 heteroatoms. The van der Waals surface area contributed by atoms with E-state index in [1.807, 2.05) is 6.92 Å². The van der Waals surface area contributed by atoms with E-state index in [1.54, 1.807) is 0 Å². The third-order valence-corrected chi connectivity index (χ3v) is 2.09. The molecule has 4 nitrogen and oxygen atoms in total.